The smallest absolute Gasteiger partial charge is 0.325 e. The SMILES string of the molecule is COC(=O)Cn1c(=NC(=O)c2ccc(C)c(C)c2)sc2cc3c(cc21)OCCO3. The first kappa shape index (κ1) is 19.2. The van der Waals surface area contributed by atoms with E-state index >= 15 is 0 Å². The van der Waals surface area contributed by atoms with Crippen molar-refractivity contribution in [3.63, 3.8) is 0 Å². The molecule has 4 rings (SSSR count). The van der Waals surface area contributed by atoms with E-state index in [4.69, 9.17) is 14.2 Å². The summed E-state index contributed by atoms with van der Waals surface area (Å²) >= 11 is 1.31. The summed E-state index contributed by atoms with van der Waals surface area (Å²) < 4.78 is 18.6. The summed E-state index contributed by atoms with van der Waals surface area (Å²) in [6, 6.07) is 9.13. The molecule has 0 radical (unpaired) electrons. The van der Waals surface area contributed by atoms with Crippen LogP contribution >= 0.6 is 11.3 Å². The molecule has 150 valence electrons. The molecule has 0 unspecified atom stereocenters. The quantitative estimate of drug-likeness (QED) is 0.618. The maximum atomic E-state index is 12.8. The number of aromatic nitrogens is 1. The van der Waals surface area contributed by atoms with Crippen molar-refractivity contribution in [2.75, 3.05) is 20.3 Å². The van der Waals surface area contributed by atoms with Gasteiger partial charge in [0.25, 0.3) is 5.91 Å². The predicted molar refractivity (Wildman–Crippen MR) is 109 cm³/mol. The van der Waals surface area contributed by atoms with Crippen LogP contribution in [0.2, 0.25) is 0 Å². The van der Waals surface area contributed by atoms with Crippen LogP contribution in [0.5, 0.6) is 11.5 Å². The normalized spacial score (nSPS) is 13.6. The molecular weight excluding hydrogens is 392 g/mol. The molecule has 0 N–H and O–H groups in total. The molecular formula is C21H20N2O5S. The van der Waals surface area contributed by atoms with Gasteiger partial charge in [0.1, 0.15) is 19.8 Å². The number of ether oxygens (including phenoxy) is 3. The van der Waals surface area contributed by atoms with Crippen LogP contribution in [0.4, 0.5) is 0 Å². The molecule has 2 aromatic carbocycles. The Hall–Kier alpha value is -3.13. The second-order valence-electron chi connectivity index (χ2n) is 6.73. The first-order chi connectivity index (χ1) is 14.0. The Morgan fingerprint density at radius 3 is 2.52 bits per heavy atom. The number of carbonyl (C=O) groups excluding carboxylic acids is 2. The highest BCUT2D eigenvalue weighted by Crippen LogP contribution is 2.35. The average molecular weight is 412 g/mol. The van der Waals surface area contributed by atoms with E-state index in [0.29, 0.717) is 35.1 Å². The van der Waals surface area contributed by atoms with Crippen molar-refractivity contribution in [2.45, 2.75) is 20.4 Å². The van der Waals surface area contributed by atoms with E-state index in [1.807, 2.05) is 38.1 Å². The molecule has 3 aromatic rings. The van der Waals surface area contributed by atoms with Gasteiger partial charge in [0.15, 0.2) is 16.3 Å². The van der Waals surface area contributed by atoms with Crippen LogP contribution in [0.25, 0.3) is 10.2 Å². The van der Waals surface area contributed by atoms with E-state index in [2.05, 4.69) is 4.99 Å². The number of amides is 1. The summed E-state index contributed by atoms with van der Waals surface area (Å²) in [6.07, 6.45) is 0. The number of carbonyl (C=O) groups is 2. The Bertz CT molecular complexity index is 1190. The summed E-state index contributed by atoms with van der Waals surface area (Å²) in [6.45, 7) is 4.82. The van der Waals surface area contributed by atoms with Crippen LogP contribution < -0.4 is 14.3 Å². The minimum Gasteiger partial charge on any atom is -0.486 e. The second kappa shape index (κ2) is 7.71. The topological polar surface area (TPSA) is 79.1 Å². The van der Waals surface area contributed by atoms with Gasteiger partial charge in [-0.25, -0.2) is 0 Å². The third-order valence-corrected chi connectivity index (χ3v) is 5.85. The lowest BCUT2D eigenvalue weighted by Crippen LogP contribution is -2.22. The van der Waals surface area contributed by atoms with Crippen LogP contribution in [0.3, 0.4) is 0 Å². The monoisotopic (exact) mass is 412 g/mol. The van der Waals surface area contributed by atoms with Crippen LogP contribution in [0, 0.1) is 13.8 Å². The molecule has 1 aromatic heterocycles. The molecule has 8 heteroatoms. The Balaban J connectivity index is 1.86. The molecule has 1 aliphatic heterocycles. The van der Waals surface area contributed by atoms with Gasteiger partial charge in [0.05, 0.1) is 17.3 Å². The summed E-state index contributed by atoms with van der Waals surface area (Å²) in [5.74, 6) is 0.449. The minimum atomic E-state index is -0.431. The number of esters is 1. The van der Waals surface area contributed by atoms with Gasteiger partial charge in [-0.3, -0.25) is 9.59 Å². The summed E-state index contributed by atoms with van der Waals surface area (Å²) in [7, 11) is 1.33. The van der Waals surface area contributed by atoms with Gasteiger partial charge in [0, 0.05) is 17.7 Å². The van der Waals surface area contributed by atoms with Gasteiger partial charge < -0.3 is 18.8 Å². The Morgan fingerprint density at radius 1 is 1.10 bits per heavy atom. The van der Waals surface area contributed by atoms with Crippen molar-refractivity contribution in [3.8, 4) is 11.5 Å². The number of rotatable bonds is 3. The lowest BCUT2D eigenvalue weighted by atomic mass is 10.1. The molecule has 0 saturated heterocycles. The van der Waals surface area contributed by atoms with Gasteiger partial charge >= 0.3 is 5.97 Å². The lowest BCUT2D eigenvalue weighted by molar-refractivity contribution is -0.141. The van der Waals surface area contributed by atoms with Gasteiger partial charge in [-0.1, -0.05) is 17.4 Å². The highest BCUT2D eigenvalue weighted by Gasteiger charge is 2.18. The molecule has 0 bridgehead atoms. The maximum Gasteiger partial charge on any atom is 0.325 e. The fourth-order valence-corrected chi connectivity index (χ4v) is 4.10. The number of aryl methyl sites for hydroxylation is 2. The highest BCUT2D eigenvalue weighted by atomic mass is 32.1. The minimum absolute atomic E-state index is 0.0603. The number of nitrogens with zero attached hydrogens (tertiary/aromatic N) is 2. The van der Waals surface area contributed by atoms with Crippen molar-refractivity contribution in [1.82, 2.24) is 4.57 Å². The van der Waals surface area contributed by atoms with Crippen molar-refractivity contribution < 1.29 is 23.8 Å². The van der Waals surface area contributed by atoms with E-state index in [1.165, 1.54) is 18.4 Å². The second-order valence-corrected chi connectivity index (χ2v) is 7.74. The largest absolute Gasteiger partial charge is 0.486 e. The molecule has 0 atom stereocenters. The zero-order valence-electron chi connectivity index (χ0n) is 16.4. The zero-order chi connectivity index (χ0) is 20.5. The molecule has 1 aliphatic rings. The number of hydrogen-bond donors (Lipinski definition) is 0. The van der Waals surface area contributed by atoms with Crippen molar-refractivity contribution in [1.29, 1.82) is 0 Å². The lowest BCUT2D eigenvalue weighted by Gasteiger charge is -2.18. The van der Waals surface area contributed by atoms with Crippen molar-refractivity contribution in [3.05, 3.63) is 51.8 Å². The standard InChI is InChI=1S/C21H20N2O5S/c1-12-4-5-14(8-13(12)2)20(25)22-21-23(11-19(24)26-3)15-9-16-17(10-18(15)29-21)28-7-6-27-16/h4-5,8-10H,6-7,11H2,1-3H3. The number of hydrogen-bond acceptors (Lipinski definition) is 6. The predicted octanol–water partition coefficient (Wildman–Crippen LogP) is 3.00. The molecule has 1 amide bonds. The molecule has 2 heterocycles. The third kappa shape index (κ3) is 3.75. The van der Waals surface area contributed by atoms with Crippen molar-refractivity contribution >= 4 is 33.4 Å². The Kier molecular flexibility index (Phi) is 5.10. The fraction of sp³-hybridized carbons (Fsp3) is 0.286. The van der Waals surface area contributed by atoms with Crippen LogP contribution in [-0.2, 0) is 16.1 Å². The van der Waals surface area contributed by atoms with Crippen LogP contribution in [0.1, 0.15) is 21.5 Å². The van der Waals surface area contributed by atoms with E-state index in [1.54, 1.807) is 10.6 Å². The number of methoxy groups -OCH3 is 1. The van der Waals surface area contributed by atoms with E-state index in [0.717, 1.165) is 21.3 Å². The Labute approximate surface area is 171 Å². The zero-order valence-corrected chi connectivity index (χ0v) is 17.2. The van der Waals surface area contributed by atoms with Crippen molar-refractivity contribution in [2.24, 2.45) is 4.99 Å². The summed E-state index contributed by atoms with van der Waals surface area (Å²) in [5.41, 5.74) is 3.36. The van der Waals surface area contributed by atoms with Gasteiger partial charge in [-0.2, -0.15) is 4.99 Å². The van der Waals surface area contributed by atoms with Gasteiger partial charge in [-0.15, -0.1) is 0 Å². The number of fused-ring (bicyclic) bond motifs is 2. The van der Waals surface area contributed by atoms with E-state index < -0.39 is 5.97 Å². The molecule has 0 spiro atoms. The fourth-order valence-electron chi connectivity index (χ4n) is 3.06. The van der Waals surface area contributed by atoms with E-state index in [9.17, 15) is 9.59 Å². The summed E-state index contributed by atoms with van der Waals surface area (Å²) in [5, 5.41) is 0. The molecule has 0 saturated carbocycles. The molecule has 7 nitrogen and oxygen atoms in total. The van der Waals surface area contributed by atoms with Gasteiger partial charge in [-0.05, 0) is 37.1 Å². The van der Waals surface area contributed by atoms with Crippen LogP contribution in [-0.4, -0.2) is 36.8 Å². The number of thiazole rings is 1. The molecule has 0 aliphatic carbocycles. The third-order valence-electron chi connectivity index (χ3n) is 4.81. The first-order valence-electron chi connectivity index (χ1n) is 9.12. The molecule has 0 fully saturated rings. The van der Waals surface area contributed by atoms with E-state index in [-0.39, 0.29) is 12.5 Å². The Morgan fingerprint density at radius 2 is 1.83 bits per heavy atom. The maximum absolute atomic E-state index is 12.8. The summed E-state index contributed by atoms with van der Waals surface area (Å²) in [4.78, 5) is 29.5. The van der Waals surface area contributed by atoms with Crippen LogP contribution in [0.15, 0.2) is 35.3 Å². The highest BCUT2D eigenvalue weighted by molar-refractivity contribution is 7.16. The number of benzene rings is 2. The molecule has 29 heavy (non-hydrogen) atoms. The average Bonchev–Trinajstić information content (AvgIpc) is 3.03. The first-order valence-corrected chi connectivity index (χ1v) is 9.94. The van der Waals surface area contributed by atoms with Gasteiger partial charge in [0.2, 0.25) is 0 Å².